The van der Waals surface area contributed by atoms with Crippen LogP contribution in [0.15, 0.2) is 18.5 Å². The first kappa shape index (κ1) is 19.8. The van der Waals surface area contributed by atoms with Gasteiger partial charge in [0.05, 0.1) is 24.3 Å². The van der Waals surface area contributed by atoms with Gasteiger partial charge in [-0.15, -0.1) is 0 Å². The number of hydrogen-bond donors (Lipinski definition) is 2. The molecule has 3 rings (SSSR count). The van der Waals surface area contributed by atoms with E-state index in [0.29, 0.717) is 17.7 Å². The average molecular weight is 374 g/mol. The smallest absolute Gasteiger partial charge is 0.253 e. The molecule has 2 fully saturated rings. The Morgan fingerprint density at radius 1 is 1.04 bits per heavy atom. The standard InChI is InChI=1S/C20H30N4O3/c25-19(22-7-8-24-9-11-27-12-10-24)16-13-17(15-21-14-16)20(26)23-18-5-3-1-2-4-6-18/h13-15,18H,1-12H2,(H,22,25)(H,23,26). The third-order valence-corrected chi connectivity index (χ3v) is 5.27. The van der Waals surface area contributed by atoms with E-state index < -0.39 is 0 Å². The summed E-state index contributed by atoms with van der Waals surface area (Å²) in [7, 11) is 0. The molecule has 0 spiro atoms. The molecule has 0 radical (unpaired) electrons. The van der Waals surface area contributed by atoms with Gasteiger partial charge in [0.25, 0.3) is 11.8 Å². The van der Waals surface area contributed by atoms with E-state index in [1.165, 1.54) is 25.2 Å². The summed E-state index contributed by atoms with van der Waals surface area (Å²) in [6.45, 7) is 4.65. The van der Waals surface area contributed by atoms with Gasteiger partial charge in [0, 0.05) is 44.6 Å². The predicted octanol–water partition coefficient (Wildman–Crippen LogP) is 1.60. The maximum atomic E-state index is 12.5. The number of morpholine rings is 1. The van der Waals surface area contributed by atoms with Crippen molar-refractivity contribution in [3.8, 4) is 0 Å². The molecule has 27 heavy (non-hydrogen) atoms. The van der Waals surface area contributed by atoms with Crippen molar-refractivity contribution in [1.29, 1.82) is 0 Å². The molecule has 2 amide bonds. The molecule has 2 heterocycles. The van der Waals surface area contributed by atoms with Crippen molar-refractivity contribution in [2.75, 3.05) is 39.4 Å². The Labute approximate surface area is 160 Å². The zero-order valence-electron chi connectivity index (χ0n) is 15.9. The number of ether oxygens (including phenoxy) is 1. The molecule has 2 N–H and O–H groups in total. The lowest BCUT2D eigenvalue weighted by Gasteiger charge is -2.26. The summed E-state index contributed by atoms with van der Waals surface area (Å²) in [6.07, 6.45) is 9.90. The van der Waals surface area contributed by atoms with E-state index in [2.05, 4.69) is 20.5 Å². The molecule has 7 nitrogen and oxygen atoms in total. The zero-order chi connectivity index (χ0) is 18.9. The normalized spacial score (nSPS) is 19.3. The van der Waals surface area contributed by atoms with Gasteiger partial charge in [0.1, 0.15) is 0 Å². The van der Waals surface area contributed by atoms with Crippen LogP contribution in [-0.2, 0) is 4.74 Å². The number of pyridine rings is 1. The van der Waals surface area contributed by atoms with Crippen molar-refractivity contribution >= 4 is 11.8 Å². The lowest BCUT2D eigenvalue weighted by Crippen LogP contribution is -2.41. The number of nitrogens with zero attached hydrogens (tertiary/aromatic N) is 2. The number of hydrogen-bond acceptors (Lipinski definition) is 5. The highest BCUT2D eigenvalue weighted by Crippen LogP contribution is 2.17. The molecule has 1 aromatic heterocycles. The minimum Gasteiger partial charge on any atom is -0.379 e. The Kier molecular flexibility index (Phi) is 7.59. The van der Waals surface area contributed by atoms with Crippen LogP contribution >= 0.6 is 0 Å². The molecule has 0 atom stereocenters. The number of nitrogens with one attached hydrogen (secondary N) is 2. The topological polar surface area (TPSA) is 83.6 Å². The van der Waals surface area contributed by atoms with E-state index in [1.54, 1.807) is 6.07 Å². The summed E-state index contributed by atoms with van der Waals surface area (Å²) in [5.74, 6) is -0.336. The molecule has 7 heteroatoms. The van der Waals surface area contributed by atoms with E-state index in [1.807, 2.05) is 0 Å². The molecule has 148 valence electrons. The van der Waals surface area contributed by atoms with Gasteiger partial charge in [-0.2, -0.15) is 0 Å². The number of carbonyl (C=O) groups is 2. The molecule has 1 aliphatic carbocycles. The zero-order valence-corrected chi connectivity index (χ0v) is 15.9. The third-order valence-electron chi connectivity index (χ3n) is 5.27. The Bertz CT molecular complexity index is 623. The molecule has 2 aliphatic rings. The summed E-state index contributed by atoms with van der Waals surface area (Å²) in [6, 6.07) is 1.86. The first-order valence-corrected chi connectivity index (χ1v) is 10.1. The van der Waals surface area contributed by atoms with Crippen LogP contribution in [-0.4, -0.2) is 67.1 Å². The second-order valence-corrected chi connectivity index (χ2v) is 7.33. The van der Waals surface area contributed by atoms with E-state index in [4.69, 9.17) is 4.74 Å². The Morgan fingerprint density at radius 3 is 2.41 bits per heavy atom. The van der Waals surface area contributed by atoms with Crippen LogP contribution < -0.4 is 10.6 Å². The largest absolute Gasteiger partial charge is 0.379 e. The van der Waals surface area contributed by atoms with E-state index in [0.717, 1.165) is 58.5 Å². The van der Waals surface area contributed by atoms with Crippen molar-refractivity contribution < 1.29 is 14.3 Å². The highest BCUT2D eigenvalue weighted by molar-refractivity contribution is 5.99. The van der Waals surface area contributed by atoms with Gasteiger partial charge in [-0.3, -0.25) is 19.5 Å². The fraction of sp³-hybridized carbons (Fsp3) is 0.650. The van der Waals surface area contributed by atoms with Gasteiger partial charge in [0.15, 0.2) is 0 Å². The highest BCUT2D eigenvalue weighted by atomic mass is 16.5. The second kappa shape index (κ2) is 10.4. The molecule has 0 bridgehead atoms. The minimum atomic E-state index is -0.195. The number of rotatable bonds is 6. The SMILES string of the molecule is O=C(NCCN1CCOCC1)c1cncc(C(=O)NC2CCCCCC2)c1. The van der Waals surface area contributed by atoms with Crippen LogP contribution in [0.1, 0.15) is 59.2 Å². The quantitative estimate of drug-likeness (QED) is 0.739. The molecular formula is C20H30N4O3. The maximum Gasteiger partial charge on any atom is 0.253 e. The van der Waals surface area contributed by atoms with Gasteiger partial charge in [0.2, 0.25) is 0 Å². The molecule has 0 aromatic carbocycles. The summed E-state index contributed by atoms with van der Waals surface area (Å²) in [5, 5.41) is 6.01. The number of carbonyl (C=O) groups excluding carboxylic acids is 2. The molecule has 1 aromatic rings. The van der Waals surface area contributed by atoms with Crippen molar-refractivity contribution in [3.05, 3.63) is 29.6 Å². The van der Waals surface area contributed by atoms with Gasteiger partial charge in [-0.25, -0.2) is 0 Å². The van der Waals surface area contributed by atoms with E-state index in [9.17, 15) is 9.59 Å². The maximum absolute atomic E-state index is 12.5. The lowest BCUT2D eigenvalue weighted by atomic mass is 10.1. The summed E-state index contributed by atoms with van der Waals surface area (Å²) < 4.78 is 5.32. The Morgan fingerprint density at radius 2 is 1.70 bits per heavy atom. The summed E-state index contributed by atoms with van der Waals surface area (Å²) >= 11 is 0. The van der Waals surface area contributed by atoms with Crippen LogP contribution in [0.25, 0.3) is 0 Å². The fourth-order valence-electron chi connectivity index (χ4n) is 3.64. The lowest BCUT2D eigenvalue weighted by molar-refractivity contribution is 0.0383. The van der Waals surface area contributed by atoms with E-state index in [-0.39, 0.29) is 17.9 Å². The monoisotopic (exact) mass is 374 g/mol. The molecular weight excluding hydrogens is 344 g/mol. The van der Waals surface area contributed by atoms with Crippen molar-refractivity contribution in [3.63, 3.8) is 0 Å². The Balaban J connectivity index is 1.49. The van der Waals surface area contributed by atoms with E-state index >= 15 is 0 Å². The van der Waals surface area contributed by atoms with Crippen molar-refractivity contribution in [1.82, 2.24) is 20.5 Å². The first-order valence-electron chi connectivity index (χ1n) is 10.1. The van der Waals surface area contributed by atoms with Gasteiger partial charge in [-0.05, 0) is 18.9 Å². The minimum absolute atomic E-state index is 0.141. The molecule has 1 saturated carbocycles. The summed E-state index contributed by atoms with van der Waals surface area (Å²) in [4.78, 5) is 31.2. The molecule has 0 unspecified atom stereocenters. The number of amides is 2. The summed E-state index contributed by atoms with van der Waals surface area (Å²) in [5.41, 5.74) is 0.866. The van der Waals surface area contributed by atoms with Gasteiger partial charge < -0.3 is 15.4 Å². The molecule has 1 aliphatic heterocycles. The van der Waals surface area contributed by atoms with Crippen LogP contribution in [0, 0.1) is 0 Å². The van der Waals surface area contributed by atoms with Crippen LogP contribution in [0.2, 0.25) is 0 Å². The molecule has 1 saturated heterocycles. The van der Waals surface area contributed by atoms with Gasteiger partial charge >= 0.3 is 0 Å². The predicted molar refractivity (Wildman–Crippen MR) is 103 cm³/mol. The van der Waals surface area contributed by atoms with Crippen LogP contribution in [0.4, 0.5) is 0 Å². The Hall–Kier alpha value is -1.99. The highest BCUT2D eigenvalue weighted by Gasteiger charge is 2.17. The van der Waals surface area contributed by atoms with Crippen LogP contribution in [0.3, 0.4) is 0 Å². The van der Waals surface area contributed by atoms with Crippen molar-refractivity contribution in [2.24, 2.45) is 0 Å². The fourth-order valence-corrected chi connectivity index (χ4v) is 3.64. The van der Waals surface area contributed by atoms with Crippen LogP contribution in [0.5, 0.6) is 0 Å². The second-order valence-electron chi connectivity index (χ2n) is 7.33. The first-order chi connectivity index (χ1) is 13.2. The third kappa shape index (κ3) is 6.29. The average Bonchev–Trinajstić information content (AvgIpc) is 2.97. The van der Waals surface area contributed by atoms with Crippen molar-refractivity contribution in [2.45, 2.75) is 44.6 Å². The van der Waals surface area contributed by atoms with Gasteiger partial charge in [-0.1, -0.05) is 25.7 Å². The number of aromatic nitrogens is 1.